The second-order valence-electron chi connectivity index (χ2n) is 3.26. The van der Waals surface area contributed by atoms with E-state index in [4.69, 9.17) is 10.7 Å². The van der Waals surface area contributed by atoms with Crippen molar-refractivity contribution in [3.05, 3.63) is 12.1 Å². The predicted octanol–water partition coefficient (Wildman–Crippen LogP) is -1.14. The van der Waals surface area contributed by atoms with Crippen molar-refractivity contribution in [3.8, 4) is 0 Å². The van der Waals surface area contributed by atoms with Crippen molar-refractivity contribution < 1.29 is 16.8 Å². The van der Waals surface area contributed by atoms with E-state index in [2.05, 4.69) is 20.6 Å². The summed E-state index contributed by atoms with van der Waals surface area (Å²) in [7, 11) is -2.78. The number of sulfone groups is 1. The molecular weight excluding hydrogens is 306 g/mol. The third kappa shape index (κ3) is 2.91. The summed E-state index contributed by atoms with van der Waals surface area (Å²) in [5.41, 5.74) is 0.277. The van der Waals surface area contributed by atoms with Gasteiger partial charge in [0.05, 0.1) is 11.5 Å². The van der Waals surface area contributed by atoms with Crippen LogP contribution in [0.2, 0.25) is 0 Å². The van der Waals surface area contributed by atoms with E-state index in [9.17, 15) is 16.8 Å². The van der Waals surface area contributed by atoms with Crippen LogP contribution in [-0.2, 0) is 18.9 Å². The lowest BCUT2D eigenvalue weighted by atomic mass is 10.6. The standard InChI is InChI=1S/C6H6ClN5O4S2/c7-18(15,16)4-3-17(13,14)6-2-1-5-8-10-11-12(5)9-6/h1-2H,3-4H2. The van der Waals surface area contributed by atoms with Crippen LogP contribution in [0.1, 0.15) is 0 Å². The highest BCUT2D eigenvalue weighted by Crippen LogP contribution is 2.09. The van der Waals surface area contributed by atoms with Gasteiger partial charge in [-0.05, 0) is 22.6 Å². The number of tetrazole rings is 1. The summed E-state index contributed by atoms with van der Waals surface area (Å²) < 4.78 is 45.9. The Labute approximate surface area is 106 Å². The molecule has 0 aliphatic heterocycles. The molecule has 0 saturated carbocycles. The summed E-state index contributed by atoms with van der Waals surface area (Å²) in [6.07, 6.45) is 0. The number of fused-ring (bicyclic) bond motifs is 1. The van der Waals surface area contributed by atoms with Crippen LogP contribution in [0.25, 0.3) is 5.65 Å². The van der Waals surface area contributed by atoms with Gasteiger partial charge < -0.3 is 0 Å². The zero-order chi connectivity index (χ0) is 13.4. The second-order valence-corrected chi connectivity index (χ2v) is 8.21. The second kappa shape index (κ2) is 4.40. The molecule has 0 spiro atoms. The van der Waals surface area contributed by atoms with Crippen LogP contribution in [0.4, 0.5) is 0 Å². The maximum absolute atomic E-state index is 11.8. The Balaban J connectivity index is 2.34. The lowest BCUT2D eigenvalue weighted by Gasteiger charge is -2.01. The average molecular weight is 312 g/mol. The van der Waals surface area contributed by atoms with Crippen LogP contribution in [0.15, 0.2) is 17.2 Å². The Bertz CT molecular complexity index is 783. The zero-order valence-electron chi connectivity index (χ0n) is 8.63. The fourth-order valence-corrected chi connectivity index (χ4v) is 4.04. The van der Waals surface area contributed by atoms with Crippen molar-refractivity contribution in [2.75, 3.05) is 11.5 Å². The first-order valence-corrected chi connectivity index (χ1v) is 8.61. The predicted molar refractivity (Wildman–Crippen MR) is 60.3 cm³/mol. The van der Waals surface area contributed by atoms with Crippen LogP contribution >= 0.6 is 10.7 Å². The molecule has 0 saturated heterocycles. The van der Waals surface area contributed by atoms with Crippen molar-refractivity contribution in [3.63, 3.8) is 0 Å². The monoisotopic (exact) mass is 311 g/mol. The molecule has 0 fully saturated rings. The smallest absolute Gasteiger partial charge is 0.222 e. The van der Waals surface area contributed by atoms with E-state index in [1.54, 1.807) is 0 Å². The molecule has 0 unspecified atom stereocenters. The fourth-order valence-electron chi connectivity index (χ4n) is 1.11. The summed E-state index contributed by atoms with van der Waals surface area (Å²) in [5, 5.41) is 13.6. The van der Waals surface area contributed by atoms with E-state index >= 15 is 0 Å². The minimum atomic E-state index is -3.88. The highest BCUT2D eigenvalue weighted by atomic mass is 35.7. The first kappa shape index (κ1) is 13.1. The average Bonchev–Trinajstić information content (AvgIpc) is 2.72. The van der Waals surface area contributed by atoms with Gasteiger partial charge in [0.2, 0.25) is 9.05 Å². The molecular formula is C6H6ClN5O4S2. The topological polar surface area (TPSA) is 124 Å². The van der Waals surface area contributed by atoms with Crippen molar-refractivity contribution in [1.82, 2.24) is 25.3 Å². The van der Waals surface area contributed by atoms with Gasteiger partial charge in [-0.15, -0.1) is 14.8 Å². The van der Waals surface area contributed by atoms with Crippen molar-refractivity contribution in [2.24, 2.45) is 0 Å². The summed E-state index contributed by atoms with van der Waals surface area (Å²) in [5.74, 6) is -1.34. The lowest BCUT2D eigenvalue weighted by Crippen LogP contribution is -2.16. The summed E-state index contributed by atoms with van der Waals surface area (Å²) >= 11 is 0. The van der Waals surface area contributed by atoms with Gasteiger partial charge in [0, 0.05) is 10.7 Å². The Kier molecular flexibility index (Phi) is 3.21. The van der Waals surface area contributed by atoms with E-state index in [0.29, 0.717) is 0 Å². The van der Waals surface area contributed by atoms with E-state index in [-0.39, 0.29) is 10.7 Å². The van der Waals surface area contributed by atoms with Gasteiger partial charge >= 0.3 is 0 Å². The molecule has 2 aromatic heterocycles. The molecule has 2 aromatic rings. The van der Waals surface area contributed by atoms with Crippen LogP contribution in [0.3, 0.4) is 0 Å². The molecule has 2 rings (SSSR count). The fraction of sp³-hybridized carbons (Fsp3) is 0.333. The number of rotatable bonds is 4. The molecule has 0 bridgehead atoms. The van der Waals surface area contributed by atoms with Gasteiger partial charge in [-0.3, -0.25) is 0 Å². The van der Waals surface area contributed by atoms with Crippen molar-refractivity contribution in [1.29, 1.82) is 0 Å². The molecule has 9 nitrogen and oxygen atoms in total. The number of aromatic nitrogens is 5. The van der Waals surface area contributed by atoms with Gasteiger partial charge in [0.25, 0.3) is 0 Å². The molecule has 12 heteroatoms. The maximum Gasteiger partial charge on any atom is 0.233 e. The van der Waals surface area contributed by atoms with E-state index in [1.165, 1.54) is 12.1 Å². The van der Waals surface area contributed by atoms with Crippen LogP contribution < -0.4 is 0 Å². The quantitative estimate of drug-likeness (QED) is 0.649. The minimum Gasteiger partial charge on any atom is -0.222 e. The molecule has 0 aliphatic rings. The van der Waals surface area contributed by atoms with Crippen molar-refractivity contribution in [2.45, 2.75) is 5.03 Å². The Morgan fingerprint density at radius 1 is 1.17 bits per heavy atom. The van der Waals surface area contributed by atoms with Crippen LogP contribution in [0, 0.1) is 0 Å². The molecule has 0 aliphatic carbocycles. The molecule has 2 heterocycles. The Morgan fingerprint density at radius 2 is 1.89 bits per heavy atom. The third-order valence-electron chi connectivity index (χ3n) is 1.96. The number of halogens is 1. The molecule has 18 heavy (non-hydrogen) atoms. The minimum absolute atomic E-state index is 0.277. The van der Waals surface area contributed by atoms with Gasteiger partial charge in [0.15, 0.2) is 20.5 Å². The molecule has 0 amide bonds. The normalized spacial score (nSPS) is 12.9. The van der Waals surface area contributed by atoms with Gasteiger partial charge in [-0.25, -0.2) is 16.8 Å². The third-order valence-corrected chi connectivity index (χ3v) is 4.97. The van der Waals surface area contributed by atoms with Gasteiger partial charge in [-0.2, -0.15) is 0 Å². The van der Waals surface area contributed by atoms with Crippen LogP contribution in [-0.4, -0.2) is 53.6 Å². The molecule has 0 N–H and O–H groups in total. The number of nitrogens with zero attached hydrogens (tertiary/aromatic N) is 5. The molecule has 0 atom stereocenters. The van der Waals surface area contributed by atoms with E-state index in [0.717, 1.165) is 4.63 Å². The molecule has 0 aromatic carbocycles. The highest BCUT2D eigenvalue weighted by Gasteiger charge is 2.20. The lowest BCUT2D eigenvalue weighted by molar-refractivity contribution is 0.583. The van der Waals surface area contributed by atoms with Gasteiger partial charge in [0.1, 0.15) is 0 Å². The van der Waals surface area contributed by atoms with E-state index in [1.807, 2.05) is 0 Å². The maximum atomic E-state index is 11.8. The first-order chi connectivity index (χ1) is 8.28. The Morgan fingerprint density at radius 3 is 2.56 bits per heavy atom. The SMILES string of the molecule is O=S(=O)(Cl)CCS(=O)(=O)c1ccc2nnnn2n1. The number of hydrogen-bond donors (Lipinski definition) is 0. The number of hydrogen-bond acceptors (Lipinski definition) is 8. The largest absolute Gasteiger partial charge is 0.233 e. The summed E-state index contributed by atoms with van der Waals surface area (Å²) in [6.45, 7) is 0. The summed E-state index contributed by atoms with van der Waals surface area (Å²) in [4.78, 5) is 0. The highest BCUT2D eigenvalue weighted by molar-refractivity contribution is 8.14. The van der Waals surface area contributed by atoms with E-state index < -0.39 is 30.4 Å². The zero-order valence-corrected chi connectivity index (χ0v) is 11.0. The Hall–Kier alpha value is -1.33. The molecule has 98 valence electrons. The molecule has 0 radical (unpaired) electrons. The van der Waals surface area contributed by atoms with Crippen LogP contribution in [0.5, 0.6) is 0 Å². The van der Waals surface area contributed by atoms with Crippen molar-refractivity contribution >= 4 is 35.2 Å². The van der Waals surface area contributed by atoms with Gasteiger partial charge in [-0.1, -0.05) is 0 Å². The summed E-state index contributed by atoms with van der Waals surface area (Å²) in [6, 6.07) is 2.55. The first-order valence-electron chi connectivity index (χ1n) is 4.48.